The molecule has 1 aliphatic heterocycles. The number of hydrogen-bond acceptors (Lipinski definition) is 7. The van der Waals surface area contributed by atoms with E-state index in [0.717, 1.165) is 17.4 Å². The molecule has 0 unspecified atom stereocenters. The average molecular weight is 511 g/mol. The Morgan fingerprint density at radius 1 is 1.19 bits per heavy atom. The SMILES string of the molecule is Cn1c(=O)c(C(F)(F)F)c(N2CCC(/C(=N/OCC3CC3)c3ccccn3)CC2)c2nc(C#N)ccc21. The molecule has 0 radical (unpaired) electrons. The van der Waals surface area contributed by atoms with Crippen molar-refractivity contribution in [2.75, 3.05) is 24.6 Å². The third kappa shape index (κ3) is 5.01. The highest BCUT2D eigenvalue weighted by Gasteiger charge is 2.41. The minimum absolute atomic E-state index is 0.0155. The van der Waals surface area contributed by atoms with Crippen LogP contribution in [0.1, 0.15) is 42.6 Å². The Hall–Kier alpha value is -3.94. The second-order valence-corrected chi connectivity index (χ2v) is 9.45. The number of aromatic nitrogens is 3. The molecule has 5 rings (SSSR count). The summed E-state index contributed by atoms with van der Waals surface area (Å²) in [5.74, 6) is 0.441. The minimum atomic E-state index is -4.89. The van der Waals surface area contributed by atoms with Gasteiger partial charge in [-0.2, -0.15) is 18.4 Å². The van der Waals surface area contributed by atoms with E-state index in [1.54, 1.807) is 17.2 Å². The van der Waals surface area contributed by atoms with Crippen LogP contribution in [0.3, 0.4) is 0 Å². The first-order valence-electron chi connectivity index (χ1n) is 12.1. The van der Waals surface area contributed by atoms with Crippen LogP contribution in [0.15, 0.2) is 46.5 Å². The third-order valence-corrected chi connectivity index (χ3v) is 6.91. The maximum atomic E-state index is 14.2. The second-order valence-electron chi connectivity index (χ2n) is 9.45. The van der Waals surface area contributed by atoms with Crippen LogP contribution in [-0.4, -0.2) is 39.9 Å². The van der Waals surface area contributed by atoms with E-state index in [-0.39, 0.29) is 41.4 Å². The van der Waals surface area contributed by atoms with Gasteiger partial charge in [0.05, 0.1) is 16.9 Å². The maximum absolute atomic E-state index is 14.2. The highest BCUT2D eigenvalue weighted by atomic mass is 19.4. The zero-order valence-electron chi connectivity index (χ0n) is 20.2. The number of pyridine rings is 3. The van der Waals surface area contributed by atoms with E-state index in [9.17, 15) is 23.2 Å². The van der Waals surface area contributed by atoms with Crippen molar-refractivity contribution in [1.29, 1.82) is 5.26 Å². The quantitative estimate of drug-likeness (QED) is 0.363. The van der Waals surface area contributed by atoms with Crippen LogP contribution in [0.4, 0.5) is 18.9 Å². The van der Waals surface area contributed by atoms with Crippen molar-refractivity contribution in [2.24, 2.45) is 24.0 Å². The maximum Gasteiger partial charge on any atom is 0.423 e. The van der Waals surface area contributed by atoms with Crippen LogP contribution in [-0.2, 0) is 18.1 Å². The summed E-state index contributed by atoms with van der Waals surface area (Å²) in [6.07, 6.45) is -0.0132. The van der Waals surface area contributed by atoms with Gasteiger partial charge < -0.3 is 14.3 Å². The van der Waals surface area contributed by atoms with Gasteiger partial charge in [-0.25, -0.2) is 4.98 Å². The van der Waals surface area contributed by atoms with Crippen LogP contribution in [0.2, 0.25) is 0 Å². The highest BCUT2D eigenvalue weighted by Crippen LogP contribution is 2.40. The first-order valence-corrected chi connectivity index (χ1v) is 12.1. The van der Waals surface area contributed by atoms with Gasteiger partial charge in [-0.3, -0.25) is 9.78 Å². The summed E-state index contributed by atoms with van der Waals surface area (Å²) in [6, 6.07) is 10.2. The summed E-state index contributed by atoms with van der Waals surface area (Å²) in [7, 11) is 1.28. The Morgan fingerprint density at radius 2 is 1.95 bits per heavy atom. The van der Waals surface area contributed by atoms with Crippen molar-refractivity contribution in [3.8, 4) is 6.07 Å². The lowest BCUT2D eigenvalue weighted by Crippen LogP contribution is -2.40. The predicted octanol–water partition coefficient (Wildman–Crippen LogP) is 4.27. The Morgan fingerprint density at radius 3 is 2.57 bits per heavy atom. The van der Waals surface area contributed by atoms with Gasteiger partial charge in [0.25, 0.3) is 5.56 Å². The summed E-state index contributed by atoms with van der Waals surface area (Å²) < 4.78 is 43.6. The molecule has 0 amide bonds. The van der Waals surface area contributed by atoms with Crippen LogP contribution >= 0.6 is 0 Å². The van der Waals surface area contributed by atoms with E-state index >= 15 is 0 Å². The molecular weight excluding hydrogens is 485 g/mol. The number of fused-ring (bicyclic) bond motifs is 1. The predicted molar refractivity (Wildman–Crippen MR) is 131 cm³/mol. The van der Waals surface area contributed by atoms with E-state index in [1.807, 2.05) is 18.2 Å². The molecule has 37 heavy (non-hydrogen) atoms. The lowest BCUT2D eigenvalue weighted by molar-refractivity contribution is -0.138. The number of hydrogen-bond donors (Lipinski definition) is 0. The highest BCUT2D eigenvalue weighted by molar-refractivity contribution is 6.00. The van der Waals surface area contributed by atoms with E-state index in [1.165, 1.54) is 19.2 Å². The monoisotopic (exact) mass is 510 g/mol. The van der Waals surface area contributed by atoms with Crippen molar-refractivity contribution in [3.63, 3.8) is 0 Å². The number of piperidine rings is 1. The Balaban J connectivity index is 1.50. The van der Waals surface area contributed by atoms with Gasteiger partial charge in [0.2, 0.25) is 0 Å². The molecule has 1 aliphatic carbocycles. The Bertz CT molecular complexity index is 1430. The Kier molecular flexibility index (Phi) is 6.58. The summed E-state index contributed by atoms with van der Waals surface area (Å²) >= 11 is 0. The molecular formula is C26H25F3N6O2. The van der Waals surface area contributed by atoms with Crippen molar-refractivity contribution in [2.45, 2.75) is 31.9 Å². The van der Waals surface area contributed by atoms with Gasteiger partial charge in [0.15, 0.2) is 0 Å². The number of oxime groups is 1. The molecule has 8 nitrogen and oxygen atoms in total. The average Bonchev–Trinajstić information content (AvgIpc) is 3.73. The molecule has 0 atom stereocenters. The number of nitrogens with zero attached hydrogens (tertiary/aromatic N) is 6. The molecule has 3 aromatic rings. The van der Waals surface area contributed by atoms with Crippen molar-refractivity contribution in [3.05, 3.63) is 63.8 Å². The topological polar surface area (TPSA) is 96.4 Å². The molecule has 1 saturated carbocycles. The summed E-state index contributed by atoms with van der Waals surface area (Å²) in [5.41, 5.74) is -1.14. The van der Waals surface area contributed by atoms with Gasteiger partial charge in [0.1, 0.15) is 35.2 Å². The fourth-order valence-corrected chi connectivity index (χ4v) is 4.74. The smallest absolute Gasteiger partial charge is 0.395 e. The number of nitriles is 1. The number of halogens is 3. The zero-order chi connectivity index (χ0) is 26.2. The molecule has 1 saturated heterocycles. The first-order chi connectivity index (χ1) is 17.8. The van der Waals surface area contributed by atoms with Gasteiger partial charge in [-0.05, 0) is 55.9 Å². The lowest BCUT2D eigenvalue weighted by atomic mass is 9.89. The molecule has 11 heteroatoms. The fourth-order valence-electron chi connectivity index (χ4n) is 4.74. The molecule has 4 heterocycles. The summed E-state index contributed by atoms with van der Waals surface area (Å²) in [5, 5.41) is 13.7. The third-order valence-electron chi connectivity index (χ3n) is 6.91. The van der Waals surface area contributed by atoms with Gasteiger partial charge >= 0.3 is 6.18 Å². The summed E-state index contributed by atoms with van der Waals surface area (Å²) in [6.45, 7) is 1.02. The van der Waals surface area contributed by atoms with Gasteiger partial charge in [-0.1, -0.05) is 11.2 Å². The van der Waals surface area contributed by atoms with Crippen molar-refractivity contribution >= 4 is 22.4 Å². The lowest BCUT2D eigenvalue weighted by Gasteiger charge is -2.35. The molecule has 0 spiro atoms. The molecule has 0 bridgehead atoms. The summed E-state index contributed by atoms with van der Waals surface area (Å²) in [4.78, 5) is 28.6. The number of aryl methyl sites for hydroxylation is 1. The van der Waals surface area contributed by atoms with Crippen molar-refractivity contribution < 1.29 is 18.0 Å². The van der Waals surface area contributed by atoms with Gasteiger partial charge in [-0.15, -0.1) is 0 Å². The number of alkyl halides is 3. The van der Waals surface area contributed by atoms with E-state index in [4.69, 9.17) is 4.84 Å². The van der Waals surface area contributed by atoms with E-state index in [0.29, 0.717) is 36.8 Å². The molecule has 3 aromatic heterocycles. The normalized spacial score (nSPS) is 17.2. The van der Waals surface area contributed by atoms with Crippen LogP contribution in [0.5, 0.6) is 0 Å². The fraction of sp³-hybridized carbons (Fsp3) is 0.423. The molecule has 0 aromatic carbocycles. The van der Waals surface area contributed by atoms with Gasteiger partial charge in [0, 0.05) is 32.3 Å². The molecule has 192 valence electrons. The zero-order valence-corrected chi connectivity index (χ0v) is 20.2. The van der Waals surface area contributed by atoms with Crippen LogP contribution in [0, 0.1) is 23.2 Å². The largest absolute Gasteiger partial charge is 0.423 e. The first kappa shape index (κ1) is 24.7. The molecule has 0 N–H and O–H groups in total. The van der Waals surface area contributed by atoms with Crippen LogP contribution in [0.25, 0.3) is 11.0 Å². The molecule has 2 fully saturated rings. The van der Waals surface area contributed by atoms with Crippen LogP contribution < -0.4 is 10.5 Å². The second kappa shape index (κ2) is 9.84. The number of rotatable bonds is 6. The van der Waals surface area contributed by atoms with E-state index < -0.39 is 17.3 Å². The standard InChI is InChI=1S/C26H25F3N6O2/c1-34-20-8-7-18(14-30)32-23(20)24(21(25(34)36)26(27,28)29)35-12-9-17(10-13-35)22(19-4-2-3-11-31-19)33-37-15-16-5-6-16/h2-4,7-8,11,16-17H,5-6,9-10,12-13,15H2,1H3/b33-22-. The minimum Gasteiger partial charge on any atom is -0.395 e. The number of anilines is 1. The molecule has 2 aliphatic rings. The Labute approximate surface area is 211 Å². The van der Waals surface area contributed by atoms with E-state index in [2.05, 4.69) is 15.1 Å². The van der Waals surface area contributed by atoms with Crippen molar-refractivity contribution in [1.82, 2.24) is 14.5 Å².